The molecule has 0 saturated heterocycles. The van der Waals surface area contributed by atoms with Crippen molar-refractivity contribution in [2.75, 3.05) is 6.61 Å². The van der Waals surface area contributed by atoms with Gasteiger partial charge in [-0.1, -0.05) is 37.5 Å². The van der Waals surface area contributed by atoms with Gasteiger partial charge in [-0.2, -0.15) is 8.42 Å². The first-order valence-electron chi connectivity index (χ1n) is 9.49. The topological polar surface area (TPSA) is 81.7 Å². The number of hydrogen-bond acceptors (Lipinski definition) is 5. The lowest BCUT2D eigenvalue weighted by Crippen LogP contribution is -2.39. The molecular weight excluding hydrogens is 366 g/mol. The standard InChI is InChI=1S/C20H33NO5S/c1-6-7-9-17(21-19(22)26-20(3,4)5)10-8-15-25-27(23,24)18-13-11-16(2)12-14-18/h11-14,17H,6-10,15H2,1-5H3,(H,21,22). The molecule has 0 aliphatic heterocycles. The van der Waals surface area contributed by atoms with Gasteiger partial charge in [0.15, 0.2) is 0 Å². The van der Waals surface area contributed by atoms with Gasteiger partial charge in [0.2, 0.25) is 0 Å². The number of alkyl carbamates (subject to hydrolysis) is 1. The minimum absolute atomic E-state index is 0.0644. The molecule has 1 unspecified atom stereocenters. The average Bonchev–Trinajstić information content (AvgIpc) is 2.55. The summed E-state index contributed by atoms with van der Waals surface area (Å²) in [5.41, 5.74) is 0.436. The molecule has 27 heavy (non-hydrogen) atoms. The van der Waals surface area contributed by atoms with Gasteiger partial charge < -0.3 is 10.1 Å². The van der Waals surface area contributed by atoms with Crippen LogP contribution in [0.5, 0.6) is 0 Å². The predicted molar refractivity (Wildman–Crippen MR) is 106 cm³/mol. The van der Waals surface area contributed by atoms with E-state index in [1.54, 1.807) is 24.3 Å². The lowest BCUT2D eigenvalue weighted by molar-refractivity contribution is 0.0496. The number of benzene rings is 1. The van der Waals surface area contributed by atoms with Crippen molar-refractivity contribution in [2.45, 2.75) is 83.3 Å². The molecule has 0 saturated carbocycles. The van der Waals surface area contributed by atoms with E-state index in [2.05, 4.69) is 12.2 Å². The normalized spacial score (nSPS) is 13.2. The molecule has 1 rings (SSSR count). The molecular formula is C20H33NO5S. The second kappa shape index (κ2) is 10.7. The van der Waals surface area contributed by atoms with Crippen molar-refractivity contribution >= 4 is 16.2 Å². The Morgan fingerprint density at radius 1 is 1.11 bits per heavy atom. The van der Waals surface area contributed by atoms with Crippen molar-refractivity contribution in [3.05, 3.63) is 29.8 Å². The van der Waals surface area contributed by atoms with Crippen LogP contribution in [0, 0.1) is 6.92 Å². The van der Waals surface area contributed by atoms with E-state index in [0.29, 0.717) is 12.8 Å². The van der Waals surface area contributed by atoms with Crippen molar-refractivity contribution in [3.63, 3.8) is 0 Å². The highest BCUT2D eigenvalue weighted by Crippen LogP contribution is 2.15. The summed E-state index contributed by atoms with van der Waals surface area (Å²) in [5, 5.41) is 2.88. The third kappa shape index (κ3) is 9.77. The molecule has 0 bridgehead atoms. The number of ether oxygens (including phenoxy) is 1. The molecule has 0 aromatic heterocycles. The fourth-order valence-electron chi connectivity index (χ4n) is 2.48. The smallest absolute Gasteiger partial charge is 0.407 e. The SMILES string of the molecule is CCCCC(CCCOS(=O)(=O)c1ccc(C)cc1)NC(=O)OC(C)(C)C. The second-order valence-corrected chi connectivity index (χ2v) is 9.33. The van der Waals surface area contributed by atoms with Gasteiger partial charge >= 0.3 is 6.09 Å². The minimum Gasteiger partial charge on any atom is -0.444 e. The maximum absolute atomic E-state index is 12.2. The fourth-order valence-corrected chi connectivity index (χ4v) is 3.43. The first kappa shape index (κ1) is 23.4. The first-order valence-corrected chi connectivity index (χ1v) is 10.9. The quantitative estimate of drug-likeness (QED) is 0.460. The van der Waals surface area contributed by atoms with Crippen LogP contribution in [-0.2, 0) is 19.0 Å². The number of rotatable bonds is 10. The molecule has 1 atom stereocenters. The zero-order chi connectivity index (χ0) is 20.5. The van der Waals surface area contributed by atoms with Gasteiger partial charge in [0.1, 0.15) is 5.60 Å². The van der Waals surface area contributed by atoms with Gasteiger partial charge in [-0.3, -0.25) is 4.18 Å². The minimum atomic E-state index is -3.75. The lowest BCUT2D eigenvalue weighted by atomic mass is 10.1. The molecule has 0 spiro atoms. The van der Waals surface area contributed by atoms with Gasteiger partial charge in [0, 0.05) is 6.04 Å². The molecule has 0 heterocycles. The van der Waals surface area contributed by atoms with Crippen LogP contribution in [0.4, 0.5) is 4.79 Å². The monoisotopic (exact) mass is 399 g/mol. The predicted octanol–water partition coefficient (Wildman–Crippen LogP) is 4.56. The molecule has 1 aromatic rings. The Labute approximate surface area is 163 Å². The van der Waals surface area contributed by atoms with Crippen LogP contribution in [0.1, 0.15) is 65.4 Å². The number of nitrogens with one attached hydrogen (secondary N) is 1. The van der Waals surface area contributed by atoms with Crippen molar-refractivity contribution in [2.24, 2.45) is 0 Å². The molecule has 6 nitrogen and oxygen atoms in total. The van der Waals surface area contributed by atoms with Gasteiger partial charge in [0.25, 0.3) is 10.1 Å². The summed E-state index contributed by atoms with van der Waals surface area (Å²) >= 11 is 0. The zero-order valence-electron chi connectivity index (χ0n) is 17.1. The molecule has 1 amide bonds. The summed E-state index contributed by atoms with van der Waals surface area (Å²) < 4.78 is 34.8. The molecule has 0 radical (unpaired) electrons. The largest absolute Gasteiger partial charge is 0.444 e. The van der Waals surface area contributed by atoms with Crippen LogP contribution in [-0.4, -0.2) is 32.8 Å². The summed E-state index contributed by atoms with van der Waals surface area (Å²) in [4.78, 5) is 12.1. The van der Waals surface area contributed by atoms with Crippen LogP contribution in [0.15, 0.2) is 29.2 Å². The number of unbranched alkanes of at least 4 members (excludes halogenated alkanes) is 1. The van der Waals surface area contributed by atoms with E-state index in [0.717, 1.165) is 24.8 Å². The number of carbonyl (C=O) groups is 1. The number of carbonyl (C=O) groups excluding carboxylic acids is 1. The summed E-state index contributed by atoms with van der Waals surface area (Å²) in [7, 11) is -3.75. The van der Waals surface area contributed by atoms with E-state index in [1.807, 2.05) is 27.7 Å². The number of amides is 1. The Morgan fingerprint density at radius 3 is 2.26 bits per heavy atom. The molecule has 0 fully saturated rings. The third-order valence-electron chi connectivity index (χ3n) is 3.87. The van der Waals surface area contributed by atoms with Crippen molar-refractivity contribution in [3.8, 4) is 0 Å². The van der Waals surface area contributed by atoms with Crippen LogP contribution < -0.4 is 5.32 Å². The van der Waals surface area contributed by atoms with E-state index in [1.165, 1.54) is 0 Å². The van der Waals surface area contributed by atoms with Gasteiger partial charge in [0.05, 0.1) is 11.5 Å². The number of aryl methyl sites for hydroxylation is 1. The van der Waals surface area contributed by atoms with E-state index < -0.39 is 21.8 Å². The molecule has 0 aliphatic carbocycles. The van der Waals surface area contributed by atoms with Crippen molar-refractivity contribution < 1.29 is 22.1 Å². The maximum Gasteiger partial charge on any atom is 0.407 e. The summed E-state index contributed by atoms with van der Waals surface area (Å²) in [5.74, 6) is 0. The van der Waals surface area contributed by atoms with E-state index in [-0.39, 0.29) is 17.5 Å². The van der Waals surface area contributed by atoms with Crippen LogP contribution >= 0.6 is 0 Å². The van der Waals surface area contributed by atoms with Gasteiger partial charge in [-0.05, 0) is 59.1 Å². The average molecular weight is 400 g/mol. The Morgan fingerprint density at radius 2 is 1.70 bits per heavy atom. The van der Waals surface area contributed by atoms with Crippen molar-refractivity contribution in [1.82, 2.24) is 5.32 Å². The highest BCUT2D eigenvalue weighted by Gasteiger charge is 2.20. The van der Waals surface area contributed by atoms with Crippen LogP contribution in [0.2, 0.25) is 0 Å². The van der Waals surface area contributed by atoms with Crippen LogP contribution in [0.25, 0.3) is 0 Å². The Kier molecular flexibility index (Phi) is 9.26. The highest BCUT2D eigenvalue weighted by atomic mass is 32.2. The first-order chi connectivity index (χ1) is 12.5. The van der Waals surface area contributed by atoms with Crippen LogP contribution in [0.3, 0.4) is 0 Å². The fraction of sp³-hybridized carbons (Fsp3) is 0.650. The number of hydrogen-bond donors (Lipinski definition) is 1. The molecule has 1 aromatic carbocycles. The second-order valence-electron chi connectivity index (χ2n) is 7.72. The van der Waals surface area contributed by atoms with E-state index in [9.17, 15) is 13.2 Å². The van der Waals surface area contributed by atoms with Crippen molar-refractivity contribution in [1.29, 1.82) is 0 Å². The Bertz CT molecular complexity index is 677. The lowest BCUT2D eigenvalue weighted by Gasteiger charge is -2.23. The maximum atomic E-state index is 12.2. The Hall–Kier alpha value is -1.60. The Balaban J connectivity index is 2.50. The molecule has 154 valence electrons. The summed E-state index contributed by atoms with van der Waals surface area (Å²) in [6.45, 7) is 9.51. The molecule has 1 N–H and O–H groups in total. The highest BCUT2D eigenvalue weighted by molar-refractivity contribution is 7.86. The van der Waals surface area contributed by atoms with Gasteiger partial charge in [-0.25, -0.2) is 4.79 Å². The molecule has 7 heteroatoms. The van der Waals surface area contributed by atoms with E-state index >= 15 is 0 Å². The van der Waals surface area contributed by atoms with Gasteiger partial charge in [-0.15, -0.1) is 0 Å². The molecule has 0 aliphatic rings. The summed E-state index contributed by atoms with van der Waals surface area (Å²) in [6, 6.07) is 6.49. The third-order valence-corrected chi connectivity index (χ3v) is 5.20. The summed E-state index contributed by atoms with van der Waals surface area (Å²) in [6.07, 6.45) is 3.52. The zero-order valence-corrected chi connectivity index (χ0v) is 17.9. The van der Waals surface area contributed by atoms with E-state index in [4.69, 9.17) is 8.92 Å².